The van der Waals surface area contributed by atoms with E-state index in [2.05, 4.69) is 5.32 Å². The van der Waals surface area contributed by atoms with Gasteiger partial charge in [0.05, 0.1) is 24.3 Å². The average Bonchev–Trinajstić information content (AvgIpc) is 3.56. The number of benzene rings is 2. The lowest BCUT2D eigenvalue weighted by Crippen LogP contribution is -2.27. The summed E-state index contributed by atoms with van der Waals surface area (Å²) >= 11 is 6.84. The van der Waals surface area contributed by atoms with Crippen molar-refractivity contribution in [3.05, 3.63) is 99.9 Å². The number of thioether (sulfide) groups is 1. The van der Waals surface area contributed by atoms with E-state index < -0.39 is 0 Å². The number of furan rings is 1. The van der Waals surface area contributed by atoms with Crippen molar-refractivity contribution < 1.29 is 18.8 Å². The maximum atomic E-state index is 13.0. The molecule has 3 amide bonds. The summed E-state index contributed by atoms with van der Waals surface area (Å²) in [7, 11) is 0. The van der Waals surface area contributed by atoms with Crippen LogP contribution in [0, 0.1) is 0 Å². The number of amides is 3. The van der Waals surface area contributed by atoms with Gasteiger partial charge in [0.1, 0.15) is 12.3 Å². The Morgan fingerprint density at radius 1 is 1.06 bits per heavy atom. The lowest BCUT2D eigenvalue weighted by molar-refractivity contribution is -0.123. The molecule has 35 heavy (non-hydrogen) atoms. The van der Waals surface area contributed by atoms with Gasteiger partial charge in [0.2, 0.25) is 5.91 Å². The zero-order valence-electron chi connectivity index (χ0n) is 18.4. The maximum Gasteiger partial charge on any atom is 0.293 e. The molecule has 0 unspecified atom stereocenters. The van der Waals surface area contributed by atoms with E-state index in [0.717, 1.165) is 33.8 Å². The third kappa shape index (κ3) is 5.03. The molecular formula is C26H20ClN3O4S. The van der Waals surface area contributed by atoms with Crippen LogP contribution in [0.3, 0.4) is 0 Å². The summed E-state index contributed by atoms with van der Waals surface area (Å²) in [6.07, 6.45) is 5.10. The van der Waals surface area contributed by atoms with Crippen LogP contribution >= 0.6 is 23.4 Å². The van der Waals surface area contributed by atoms with Gasteiger partial charge in [0, 0.05) is 27.7 Å². The van der Waals surface area contributed by atoms with Gasteiger partial charge in [0.25, 0.3) is 11.1 Å². The van der Waals surface area contributed by atoms with Gasteiger partial charge in [-0.2, -0.15) is 0 Å². The van der Waals surface area contributed by atoms with Crippen molar-refractivity contribution in [3.63, 3.8) is 0 Å². The molecule has 2 aromatic heterocycles. The maximum absolute atomic E-state index is 13.0. The molecule has 0 bridgehead atoms. The summed E-state index contributed by atoms with van der Waals surface area (Å²) in [6.45, 7) is 0.586. The molecule has 1 saturated heterocycles. The molecule has 2 aromatic carbocycles. The van der Waals surface area contributed by atoms with E-state index in [9.17, 15) is 14.4 Å². The molecule has 1 N–H and O–H groups in total. The zero-order valence-corrected chi connectivity index (χ0v) is 20.0. The topological polar surface area (TPSA) is 84.5 Å². The number of fused-ring (bicyclic) bond motifs is 1. The summed E-state index contributed by atoms with van der Waals surface area (Å²) in [5.74, 6) is 0.158. The summed E-state index contributed by atoms with van der Waals surface area (Å²) in [4.78, 5) is 39.7. The Morgan fingerprint density at radius 3 is 2.63 bits per heavy atom. The first-order valence-electron chi connectivity index (χ1n) is 10.8. The Labute approximate surface area is 210 Å². The van der Waals surface area contributed by atoms with E-state index in [1.807, 2.05) is 35.0 Å². The van der Waals surface area contributed by atoms with Gasteiger partial charge in [0.15, 0.2) is 0 Å². The molecule has 0 atom stereocenters. The molecule has 0 aliphatic carbocycles. The van der Waals surface area contributed by atoms with Crippen molar-refractivity contribution in [2.75, 3.05) is 0 Å². The van der Waals surface area contributed by atoms with E-state index in [1.54, 1.807) is 48.7 Å². The third-order valence-electron chi connectivity index (χ3n) is 5.59. The van der Waals surface area contributed by atoms with Crippen molar-refractivity contribution in [2.45, 2.75) is 19.6 Å². The number of imide groups is 1. The van der Waals surface area contributed by atoms with Gasteiger partial charge >= 0.3 is 0 Å². The van der Waals surface area contributed by atoms with Crippen LogP contribution in [0.25, 0.3) is 17.0 Å². The number of rotatable bonds is 7. The predicted octanol–water partition coefficient (Wildman–Crippen LogP) is 5.44. The smallest absolute Gasteiger partial charge is 0.293 e. The number of hydrogen-bond acceptors (Lipinski definition) is 5. The van der Waals surface area contributed by atoms with Crippen LogP contribution in [0.1, 0.15) is 16.9 Å². The minimum atomic E-state index is -0.344. The van der Waals surface area contributed by atoms with Gasteiger partial charge in [-0.25, -0.2) is 0 Å². The van der Waals surface area contributed by atoms with E-state index >= 15 is 0 Å². The van der Waals surface area contributed by atoms with E-state index in [0.29, 0.717) is 22.2 Å². The summed E-state index contributed by atoms with van der Waals surface area (Å²) in [5.41, 5.74) is 2.43. The minimum absolute atomic E-state index is 0.104. The van der Waals surface area contributed by atoms with Gasteiger partial charge in [-0.05, 0) is 53.7 Å². The molecule has 176 valence electrons. The van der Waals surface area contributed by atoms with E-state index in [1.165, 1.54) is 4.90 Å². The fraction of sp³-hybridized carbons (Fsp3) is 0.115. The van der Waals surface area contributed by atoms with Crippen molar-refractivity contribution in [3.8, 4) is 0 Å². The molecule has 3 heterocycles. The van der Waals surface area contributed by atoms with Gasteiger partial charge in [-0.15, -0.1) is 0 Å². The van der Waals surface area contributed by atoms with Crippen LogP contribution in [0.2, 0.25) is 5.02 Å². The Morgan fingerprint density at radius 2 is 1.86 bits per heavy atom. The molecule has 5 rings (SSSR count). The summed E-state index contributed by atoms with van der Waals surface area (Å²) in [5, 5.41) is 3.99. The molecule has 4 aromatic rings. The number of halogens is 1. The van der Waals surface area contributed by atoms with Gasteiger partial charge < -0.3 is 14.3 Å². The standard InChI is InChI=1S/C26H20ClN3O4S/c27-19-9-7-17(8-10-19)14-30-25(32)23(35-26(30)33)12-18-15-29(22-6-2-1-5-21(18)22)16-24(31)28-13-20-4-3-11-34-20/h1-12,15H,13-14,16H2,(H,28,31)/b23-12-. The normalized spacial score (nSPS) is 14.9. The van der Waals surface area contributed by atoms with E-state index in [-0.39, 0.29) is 30.1 Å². The number of carbonyl (C=O) groups excluding carboxylic acids is 3. The van der Waals surface area contributed by atoms with Crippen LogP contribution in [0.15, 0.2) is 82.4 Å². The first-order chi connectivity index (χ1) is 17.0. The molecule has 0 radical (unpaired) electrons. The summed E-state index contributed by atoms with van der Waals surface area (Å²) in [6, 6.07) is 18.2. The van der Waals surface area contributed by atoms with Gasteiger partial charge in [-0.1, -0.05) is 41.9 Å². The Kier molecular flexibility index (Phi) is 6.48. The highest BCUT2D eigenvalue weighted by molar-refractivity contribution is 8.18. The van der Waals surface area contributed by atoms with Crippen molar-refractivity contribution >= 4 is 57.4 Å². The highest BCUT2D eigenvalue weighted by atomic mass is 35.5. The zero-order chi connectivity index (χ0) is 24.4. The monoisotopic (exact) mass is 505 g/mol. The first kappa shape index (κ1) is 23.0. The highest BCUT2D eigenvalue weighted by Gasteiger charge is 2.35. The minimum Gasteiger partial charge on any atom is -0.467 e. The average molecular weight is 506 g/mol. The van der Waals surface area contributed by atoms with Crippen LogP contribution < -0.4 is 5.32 Å². The Balaban J connectivity index is 1.36. The number of nitrogens with one attached hydrogen (secondary N) is 1. The molecule has 1 aliphatic rings. The second kappa shape index (κ2) is 9.85. The van der Waals surface area contributed by atoms with Crippen LogP contribution in [-0.4, -0.2) is 26.5 Å². The molecule has 9 heteroatoms. The number of hydrogen-bond donors (Lipinski definition) is 1. The largest absolute Gasteiger partial charge is 0.467 e. The fourth-order valence-corrected chi connectivity index (χ4v) is 4.84. The molecule has 7 nitrogen and oxygen atoms in total. The number of carbonyl (C=O) groups is 3. The van der Waals surface area contributed by atoms with Crippen molar-refractivity contribution in [1.82, 2.24) is 14.8 Å². The SMILES string of the molecule is O=C(Cn1cc(/C=C2\SC(=O)N(Cc3ccc(Cl)cc3)C2=O)c2ccccc21)NCc1ccco1. The molecule has 1 fully saturated rings. The predicted molar refractivity (Wildman–Crippen MR) is 135 cm³/mol. The lowest BCUT2D eigenvalue weighted by atomic mass is 10.1. The van der Waals surface area contributed by atoms with Crippen molar-refractivity contribution in [2.24, 2.45) is 0 Å². The fourth-order valence-electron chi connectivity index (χ4n) is 3.88. The number of aromatic nitrogens is 1. The van der Waals surface area contributed by atoms with Crippen molar-refractivity contribution in [1.29, 1.82) is 0 Å². The van der Waals surface area contributed by atoms with E-state index in [4.69, 9.17) is 16.0 Å². The van der Waals surface area contributed by atoms with Crippen LogP contribution in [0.4, 0.5) is 4.79 Å². The lowest BCUT2D eigenvalue weighted by Gasteiger charge is -2.12. The molecule has 0 spiro atoms. The van der Waals surface area contributed by atoms with Gasteiger partial charge in [-0.3, -0.25) is 19.3 Å². The number of para-hydroxylation sites is 1. The molecular weight excluding hydrogens is 486 g/mol. The van der Waals surface area contributed by atoms with Crippen LogP contribution in [0.5, 0.6) is 0 Å². The van der Waals surface area contributed by atoms with Crippen LogP contribution in [-0.2, 0) is 29.2 Å². The first-order valence-corrected chi connectivity index (χ1v) is 12.0. The quantitative estimate of drug-likeness (QED) is 0.338. The Bertz CT molecular complexity index is 1440. The molecule has 1 aliphatic heterocycles. The summed E-state index contributed by atoms with van der Waals surface area (Å²) < 4.78 is 7.08. The molecule has 0 saturated carbocycles. The second-order valence-electron chi connectivity index (χ2n) is 7.98. The number of nitrogens with zero attached hydrogens (tertiary/aromatic N) is 2. The second-order valence-corrected chi connectivity index (χ2v) is 9.41. The highest BCUT2D eigenvalue weighted by Crippen LogP contribution is 2.35. The Hall–Kier alpha value is -3.75. The third-order valence-corrected chi connectivity index (χ3v) is 6.75.